The molecule has 1 aromatic heterocycles. The minimum atomic E-state index is -0.938. The average Bonchev–Trinajstić information content (AvgIpc) is 2.96. The summed E-state index contributed by atoms with van der Waals surface area (Å²) in [5.74, 6) is -1.12. The van der Waals surface area contributed by atoms with Crippen LogP contribution in [0.2, 0.25) is 0 Å². The number of nitrogens with zero attached hydrogens (tertiary/aromatic N) is 1. The minimum absolute atomic E-state index is 0.270. The number of carbonyl (C=O) groups excluding carboxylic acids is 1. The topological polar surface area (TPSA) is 85.3 Å². The highest BCUT2D eigenvalue weighted by atomic mass is 16.4. The van der Waals surface area contributed by atoms with E-state index in [1.165, 1.54) is 24.8 Å². The summed E-state index contributed by atoms with van der Waals surface area (Å²) in [4.78, 5) is 23.9. The summed E-state index contributed by atoms with van der Waals surface area (Å²) in [6, 6.07) is 13.7. The number of carboxylic acids is 1. The molecule has 1 atom stereocenters. The van der Waals surface area contributed by atoms with Crippen LogP contribution in [0.15, 0.2) is 42.5 Å². The quantitative estimate of drug-likeness (QED) is 0.665. The summed E-state index contributed by atoms with van der Waals surface area (Å²) >= 11 is 0. The zero-order chi connectivity index (χ0) is 20.8. The molecule has 0 saturated heterocycles. The molecule has 1 fully saturated rings. The summed E-state index contributed by atoms with van der Waals surface area (Å²) in [6.07, 6.45) is 6.61. The zero-order valence-corrected chi connectivity index (χ0v) is 16.9. The van der Waals surface area contributed by atoms with Crippen molar-refractivity contribution in [1.29, 1.82) is 0 Å². The molecule has 3 aromatic rings. The molecule has 0 spiro atoms. The molecule has 2 aliphatic rings. The Balaban J connectivity index is 1.85. The van der Waals surface area contributed by atoms with Crippen molar-refractivity contribution in [3.63, 3.8) is 0 Å². The van der Waals surface area contributed by atoms with Crippen LogP contribution in [0, 0.1) is 5.92 Å². The first-order valence-corrected chi connectivity index (χ1v) is 10.8. The number of carbonyl (C=O) groups is 2. The Kier molecular flexibility index (Phi) is 4.61. The highest BCUT2D eigenvalue weighted by molar-refractivity contribution is 5.98. The first-order valence-electron chi connectivity index (χ1n) is 10.8. The predicted molar refractivity (Wildman–Crippen MR) is 117 cm³/mol. The molecule has 1 saturated carbocycles. The number of hydrogen-bond acceptors (Lipinski definition) is 2. The second-order valence-corrected chi connectivity index (χ2v) is 8.71. The van der Waals surface area contributed by atoms with E-state index in [1.807, 2.05) is 18.2 Å². The lowest BCUT2D eigenvalue weighted by atomic mass is 9.81. The molecular formula is C25H26N2O3. The van der Waals surface area contributed by atoms with Crippen LogP contribution in [0.25, 0.3) is 22.2 Å². The van der Waals surface area contributed by atoms with Gasteiger partial charge >= 0.3 is 5.97 Å². The van der Waals surface area contributed by atoms with E-state index in [0.29, 0.717) is 18.9 Å². The molecule has 1 aliphatic heterocycles. The fraction of sp³-hybridized carbons (Fsp3) is 0.360. The van der Waals surface area contributed by atoms with E-state index in [2.05, 4.69) is 16.7 Å². The van der Waals surface area contributed by atoms with Crippen LogP contribution in [0.5, 0.6) is 0 Å². The van der Waals surface area contributed by atoms with Crippen molar-refractivity contribution in [2.24, 2.45) is 11.7 Å². The first kappa shape index (κ1) is 18.9. The number of hydrogen-bond donors (Lipinski definition) is 2. The molecule has 2 heterocycles. The Bertz CT molecular complexity index is 1150. The van der Waals surface area contributed by atoms with Gasteiger partial charge in [-0.3, -0.25) is 4.79 Å². The maximum atomic E-state index is 12.3. The van der Waals surface area contributed by atoms with E-state index in [9.17, 15) is 14.7 Å². The normalized spacial score (nSPS) is 19.1. The molecule has 0 radical (unpaired) electrons. The highest BCUT2D eigenvalue weighted by Gasteiger charge is 2.32. The van der Waals surface area contributed by atoms with Crippen LogP contribution in [0.4, 0.5) is 0 Å². The second kappa shape index (κ2) is 7.31. The summed E-state index contributed by atoms with van der Waals surface area (Å²) in [5.41, 5.74) is 11.7. The van der Waals surface area contributed by atoms with Crippen molar-refractivity contribution in [3.05, 3.63) is 59.2 Å². The third-order valence-electron chi connectivity index (χ3n) is 6.91. The van der Waals surface area contributed by atoms with E-state index in [-0.39, 0.29) is 17.4 Å². The summed E-state index contributed by atoms with van der Waals surface area (Å²) in [6.45, 7) is 0.478. The van der Waals surface area contributed by atoms with Crippen molar-refractivity contribution in [2.75, 3.05) is 0 Å². The van der Waals surface area contributed by atoms with Gasteiger partial charge in [-0.05, 0) is 48.4 Å². The number of benzene rings is 2. The van der Waals surface area contributed by atoms with Crippen LogP contribution >= 0.6 is 0 Å². The van der Waals surface area contributed by atoms with E-state index in [0.717, 1.165) is 40.6 Å². The van der Waals surface area contributed by atoms with Crippen molar-refractivity contribution in [3.8, 4) is 11.3 Å². The number of aromatic carboxylic acids is 1. The minimum Gasteiger partial charge on any atom is -0.478 e. The number of rotatable bonds is 3. The van der Waals surface area contributed by atoms with E-state index in [4.69, 9.17) is 5.73 Å². The summed E-state index contributed by atoms with van der Waals surface area (Å²) < 4.78 is 2.17. The summed E-state index contributed by atoms with van der Waals surface area (Å²) in [5, 5.41) is 10.7. The molecule has 3 N–H and O–H groups in total. The standard InChI is InChI=1S/C25H26N2O3/c26-24(28)18-12-16-8-4-5-9-19(16)23-22(15-6-2-1-3-7-15)20-11-10-17(25(29)30)13-21(20)27(23)14-18/h4-5,8-11,13,15,18H,1-3,6-7,12,14H2,(H2,26,28)(H,29,30). The Hall–Kier alpha value is -3.08. The number of nitrogens with two attached hydrogens (primary N) is 1. The molecule has 1 aliphatic carbocycles. The second-order valence-electron chi connectivity index (χ2n) is 8.71. The largest absolute Gasteiger partial charge is 0.478 e. The van der Waals surface area contributed by atoms with Gasteiger partial charge in [0, 0.05) is 23.0 Å². The number of aromatic nitrogens is 1. The fourth-order valence-electron chi connectivity index (χ4n) is 5.46. The van der Waals surface area contributed by atoms with Crippen molar-refractivity contribution >= 4 is 22.8 Å². The molecule has 1 unspecified atom stereocenters. The number of carboxylic acid groups (broad SMARTS) is 1. The van der Waals surface area contributed by atoms with Gasteiger partial charge in [0.25, 0.3) is 0 Å². The molecule has 5 nitrogen and oxygen atoms in total. The summed E-state index contributed by atoms with van der Waals surface area (Å²) in [7, 11) is 0. The van der Waals surface area contributed by atoms with Gasteiger partial charge in [0.1, 0.15) is 0 Å². The Labute approximate surface area is 175 Å². The first-order chi connectivity index (χ1) is 14.5. The van der Waals surface area contributed by atoms with Crippen LogP contribution in [-0.4, -0.2) is 21.6 Å². The van der Waals surface area contributed by atoms with Gasteiger partial charge in [0.2, 0.25) is 5.91 Å². The van der Waals surface area contributed by atoms with Gasteiger partial charge < -0.3 is 15.4 Å². The Morgan fingerprint density at radius 2 is 1.80 bits per heavy atom. The maximum Gasteiger partial charge on any atom is 0.335 e. The van der Waals surface area contributed by atoms with Crippen molar-refractivity contribution in [1.82, 2.24) is 4.57 Å². The van der Waals surface area contributed by atoms with Gasteiger partial charge in [-0.1, -0.05) is 49.6 Å². The van der Waals surface area contributed by atoms with Gasteiger partial charge in [-0.2, -0.15) is 0 Å². The highest BCUT2D eigenvalue weighted by Crippen LogP contribution is 2.46. The molecule has 2 aromatic carbocycles. The maximum absolute atomic E-state index is 12.3. The van der Waals surface area contributed by atoms with Gasteiger partial charge in [0.05, 0.1) is 17.2 Å². The third-order valence-corrected chi connectivity index (χ3v) is 6.91. The average molecular weight is 402 g/mol. The molecule has 154 valence electrons. The molecule has 1 amide bonds. The SMILES string of the molecule is NC(=O)C1Cc2ccccc2-c2c(C3CCCCC3)c3ccc(C(=O)O)cc3n2C1. The molecular weight excluding hydrogens is 376 g/mol. The van der Waals surface area contributed by atoms with Crippen molar-refractivity contribution in [2.45, 2.75) is 51.0 Å². The van der Waals surface area contributed by atoms with E-state index < -0.39 is 5.97 Å². The molecule has 5 rings (SSSR count). The predicted octanol–water partition coefficient (Wildman–Crippen LogP) is 4.71. The number of fused-ring (bicyclic) bond motifs is 5. The van der Waals surface area contributed by atoms with E-state index >= 15 is 0 Å². The Morgan fingerprint density at radius 3 is 2.53 bits per heavy atom. The fourth-order valence-corrected chi connectivity index (χ4v) is 5.46. The molecule has 5 heteroatoms. The molecule has 0 bridgehead atoms. The van der Waals surface area contributed by atoms with E-state index in [1.54, 1.807) is 12.1 Å². The monoisotopic (exact) mass is 402 g/mol. The van der Waals surface area contributed by atoms with Crippen LogP contribution in [0.3, 0.4) is 0 Å². The van der Waals surface area contributed by atoms with Crippen LogP contribution in [0.1, 0.15) is 59.5 Å². The van der Waals surface area contributed by atoms with Gasteiger partial charge in [-0.15, -0.1) is 0 Å². The number of amides is 1. The lowest BCUT2D eigenvalue weighted by molar-refractivity contribution is -0.122. The smallest absolute Gasteiger partial charge is 0.335 e. The van der Waals surface area contributed by atoms with Gasteiger partial charge in [0.15, 0.2) is 0 Å². The lowest BCUT2D eigenvalue weighted by Gasteiger charge is -2.24. The number of primary amides is 1. The lowest BCUT2D eigenvalue weighted by Crippen LogP contribution is -2.28. The van der Waals surface area contributed by atoms with Crippen LogP contribution in [-0.2, 0) is 17.8 Å². The third kappa shape index (κ3) is 3.00. The van der Waals surface area contributed by atoms with Crippen LogP contribution < -0.4 is 5.73 Å². The van der Waals surface area contributed by atoms with Crippen molar-refractivity contribution < 1.29 is 14.7 Å². The molecule has 30 heavy (non-hydrogen) atoms. The zero-order valence-electron chi connectivity index (χ0n) is 16.9. The Morgan fingerprint density at radius 1 is 1.03 bits per heavy atom. The van der Waals surface area contributed by atoms with Gasteiger partial charge in [-0.25, -0.2) is 4.79 Å².